The van der Waals surface area contributed by atoms with Gasteiger partial charge in [-0.3, -0.25) is 29.5 Å². The van der Waals surface area contributed by atoms with E-state index >= 15 is 9.18 Å². The van der Waals surface area contributed by atoms with Crippen LogP contribution in [0, 0.1) is 40.0 Å². The molecule has 6 atom stereocenters. The third-order valence-electron chi connectivity index (χ3n) is 10.8. The number of halogens is 2. The van der Waals surface area contributed by atoms with Gasteiger partial charge in [0.2, 0.25) is 11.8 Å². The summed E-state index contributed by atoms with van der Waals surface area (Å²) in [6.07, 6.45) is 2.32. The van der Waals surface area contributed by atoms with E-state index in [4.69, 9.17) is 0 Å². The number of benzene rings is 4. The smallest absolute Gasteiger partial charge is 0.260 e. The van der Waals surface area contributed by atoms with Crippen LogP contribution < -0.4 is 10.3 Å². The average molecular weight is 768 g/mol. The third kappa shape index (κ3) is 4.67. The van der Waals surface area contributed by atoms with Gasteiger partial charge in [0.05, 0.1) is 34.5 Å². The lowest BCUT2D eigenvalue weighted by atomic mass is 9.49. The number of aryl methyl sites for hydroxylation is 1. The van der Waals surface area contributed by atoms with Crippen molar-refractivity contribution in [3.05, 3.63) is 135 Å². The van der Waals surface area contributed by atoms with Gasteiger partial charge >= 0.3 is 0 Å². The number of rotatable bonds is 5. The monoisotopic (exact) mass is 767 g/mol. The molecule has 4 aliphatic rings. The van der Waals surface area contributed by atoms with Gasteiger partial charge in [0.15, 0.2) is 11.6 Å². The van der Waals surface area contributed by atoms with E-state index in [2.05, 4.69) is 28.0 Å². The number of carbonyl (C=O) groups excluding carboxylic acids is 4. The van der Waals surface area contributed by atoms with Gasteiger partial charge < -0.3 is 5.11 Å². The Kier molecular flexibility index (Phi) is 7.47. The highest BCUT2D eigenvalue weighted by molar-refractivity contribution is 14.1. The van der Waals surface area contributed by atoms with Gasteiger partial charge in [-0.15, -0.1) is 0 Å². The quantitative estimate of drug-likeness (QED) is 0.134. The van der Waals surface area contributed by atoms with Crippen LogP contribution in [0.25, 0.3) is 0 Å². The van der Waals surface area contributed by atoms with Crippen molar-refractivity contribution >= 4 is 57.6 Å². The fourth-order valence-electron chi connectivity index (χ4n) is 8.67. The first-order valence-electron chi connectivity index (χ1n) is 16.2. The highest BCUT2D eigenvalue weighted by Gasteiger charge is 2.70. The summed E-state index contributed by atoms with van der Waals surface area (Å²) in [7, 11) is 0. The molecule has 49 heavy (non-hydrogen) atoms. The van der Waals surface area contributed by atoms with Crippen molar-refractivity contribution in [1.29, 1.82) is 0 Å². The number of hydrazine groups is 1. The number of fused-ring (bicyclic) bond motifs is 4. The minimum Gasteiger partial charge on any atom is -0.505 e. The third-order valence-corrected chi connectivity index (χ3v) is 11.5. The first kappa shape index (κ1) is 31.4. The number of aromatic hydroxyl groups is 1. The van der Waals surface area contributed by atoms with Crippen LogP contribution in [-0.4, -0.2) is 33.7 Å². The van der Waals surface area contributed by atoms with Crippen molar-refractivity contribution in [3.8, 4) is 5.75 Å². The second kappa shape index (κ2) is 11.6. The topological polar surface area (TPSA) is 107 Å². The second-order valence-electron chi connectivity index (χ2n) is 13.3. The zero-order valence-corrected chi connectivity index (χ0v) is 28.5. The lowest BCUT2D eigenvalue weighted by Crippen LogP contribution is -2.53. The van der Waals surface area contributed by atoms with Crippen LogP contribution in [0.3, 0.4) is 0 Å². The van der Waals surface area contributed by atoms with Crippen LogP contribution in [0.4, 0.5) is 15.8 Å². The van der Waals surface area contributed by atoms with Crippen molar-refractivity contribution in [2.45, 2.75) is 31.1 Å². The lowest BCUT2D eigenvalue weighted by molar-refractivity contribution is -0.138. The summed E-state index contributed by atoms with van der Waals surface area (Å²) in [6, 6.07) is 27.6. The minimum atomic E-state index is -1.52. The van der Waals surface area contributed by atoms with Crippen molar-refractivity contribution in [3.63, 3.8) is 0 Å². The van der Waals surface area contributed by atoms with Gasteiger partial charge in [0, 0.05) is 9.49 Å². The van der Waals surface area contributed by atoms with E-state index in [0.717, 1.165) is 19.7 Å². The first-order valence-corrected chi connectivity index (χ1v) is 17.3. The predicted molar refractivity (Wildman–Crippen MR) is 189 cm³/mol. The maximum atomic E-state index is 15.2. The number of phenolic OH excluding ortho intramolecular Hbond substituents is 1. The fourth-order valence-corrected chi connectivity index (χ4v) is 9.03. The summed E-state index contributed by atoms with van der Waals surface area (Å²) in [6.45, 7) is 1.94. The molecule has 2 heterocycles. The Balaban J connectivity index is 1.32. The summed E-state index contributed by atoms with van der Waals surface area (Å²) < 4.78 is 16.2. The largest absolute Gasteiger partial charge is 0.505 e. The Hall–Kier alpha value is -4.84. The number of allylic oxidation sites excluding steroid dienone is 2. The lowest BCUT2D eigenvalue weighted by Gasteiger charge is -2.50. The summed E-state index contributed by atoms with van der Waals surface area (Å²) in [5.41, 5.74) is 5.27. The van der Waals surface area contributed by atoms with Crippen molar-refractivity contribution < 1.29 is 28.7 Å². The Labute approximate surface area is 295 Å². The number of amides is 4. The SMILES string of the molecule is Cc1ccc(NN2C(=O)C3CC4C(=CCC5C(=O)N(c6ccc(I)cc6)C(=O)C54)C(c4ccc(O)c(F)c4)C3(c3ccccc3)C2=O)cc1. The molecule has 2 saturated heterocycles. The molecule has 6 unspecified atom stereocenters. The van der Waals surface area contributed by atoms with E-state index in [9.17, 15) is 19.5 Å². The van der Waals surface area contributed by atoms with E-state index in [-0.39, 0.29) is 24.7 Å². The Morgan fingerprint density at radius 2 is 1.57 bits per heavy atom. The standard InChI is InChI=1S/C39H31FIN3O5/c1-21-7-12-25(13-8-21)42-44-36(47)30-20-29-27(16-17-28-33(29)37(48)43(35(28)46)26-14-10-24(41)11-15-26)34(22-9-18-32(45)31(40)19-22)39(30,38(44)49)23-5-3-2-4-6-23/h2-16,18-19,28-30,33-34,42,45H,17,20H2,1H3. The first-order chi connectivity index (χ1) is 23.6. The highest BCUT2D eigenvalue weighted by atomic mass is 127. The predicted octanol–water partition coefficient (Wildman–Crippen LogP) is 6.63. The van der Waals surface area contributed by atoms with Crippen LogP contribution in [0.15, 0.2) is 109 Å². The van der Waals surface area contributed by atoms with Gasteiger partial charge in [0.1, 0.15) is 0 Å². The molecule has 4 amide bonds. The number of hydrogen-bond acceptors (Lipinski definition) is 6. The summed E-state index contributed by atoms with van der Waals surface area (Å²) in [5.74, 6) is -6.85. The molecular weight excluding hydrogens is 736 g/mol. The molecule has 0 radical (unpaired) electrons. The molecule has 0 spiro atoms. The van der Waals surface area contributed by atoms with E-state index in [1.807, 2.05) is 55.5 Å². The summed E-state index contributed by atoms with van der Waals surface area (Å²) in [5, 5.41) is 11.3. The molecule has 4 aromatic rings. The molecule has 2 aliphatic carbocycles. The maximum absolute atomic E-state index is 15.2. The zero-order chi connectivity index (χ0) is 34.2. The number of nitrogens with zero attached hydrogens (tertiary/aromatic N) is 2. The van der Waals surface area contributed by atoms with Crippen LogP contribution in [-0.2, 0) is 24.6 Å². The maximum Gasteiger partial charge on any atom is 0.260 e. The zero-order valence-electron chi connectivity index (χ0n) is 26.3. The molecule has 8 nitrogen and oxygen atoms in total. The minimum absolute atomic E-state index is 0.134. The normalized spacial score (nSPS) is 27.5. The Morgan fingerprint density at radius 1 is 0.857 bits per heavy atom. The van der Waals surface area contributed by atoms with Crippen LogP contribution >= 0.6 is 22.6 Å². The molecule has 4 aromatic carbocycles. The number of phenols is 1. The fraction of sp³-hybridized carbons (Fsp3) is 0.231. The average Bonchev–Trinajstić information content (AvgIpc) is 3.48. The number of hydrogen-bond donors (Lipinski definition) is 2. The Morgan fingerprint density at radius 3 is 2.27 bits per heavy atom. The number of imide groups is 2. The van der Waals surface area contributed by atoms with E-state index in [0.29, 0.717) is 22.5 Å². The van der Waals surface area contributed by atoms with Gasteiger partial charge in [-0.1, -0.05) is 65.7 Å². The Bertz CT molecular complexity index is 2070. The van der Waals surface area contributed by atoms with Crippen LogP contribution in [0.1, 0.15) is 35.4 Å². The highest BCUT2D eigenvalue weighted by Crippen LogP contribution is 2.64. The second-order valence-corrected chi connectivity index (χ2v) is 14.5. The number of anilines is 2. The van der Waals surface area contributed by atoms with Crippen molar-refractivity contribution in [2.24, 2.45) is 23.7 Å². The van der Waals surface area contributed by atoms with E-state index < -0.39 is 58.4 Å². The molecule has 2 N–H and O–H groups in total. The molecule has 10 heteroatoms. The molecule has 0 bridgehead atoms. The van der Waals surface area contributed by atoms with E-state index in [1.54, 1.807) is 42.5 Å². The molecular formula is C39H31FIN3O5. The molecule has 2 aliphatic heterocycles. The van der Waals surface area contributed by atoms with Gasteiger partial charge in [-0.25, -0.2) is 4.39 Å². The van der Waals surface area contributed by atoms with Gasteiger partial charge in [0.25, 0.3) is 11.8 Å². The van der Waals surface area contributed by atoms with Crippen LogP contribution in [0.2, 0.25) is 0 Å². The molecule has 246 valence electrons. The molecule has 3 fully saturated rings. The van der Waals surface area contributed by atoms with Crippen molar-refractivity contribution in [2.75, 3.05) is 10.3 Å². The summed E-state index contributed by atoms with van der Waals surface area (Å²) >= 11 is 2.17. The van der Waals surface area contributed by atoms with Crippen LogP contribution in [0.5, 0.6) is 5.75 Å². The molecule has 1 saturated carbocycles. The summed E-state index contributed by atoms with van der Waals surface area (Å²) in [4.78, 5) is 59.3. The van der Waals surface area contributed by atoms with Gasteiger partial charge in [-0.05, 0) is 108 Å². The number of nitrogens with one attached hydrogen (secondary N) is 1. The number of carbonyl (C=O) groups is 4. The molecule has 8 rings (SSSR count). The molecule has 0 aromatic heterocycles. The van der Waals surface area contributed by atoms with E-state index in [1.165, 1.54) is 17.0 Å². The van der Waals surface area contributed by atoms with Gasteiger partial charge in [-0.2, -0.15) is 5.01 Å². The van der Waals surface area contributed by atoms with Crippen molar-refractivity contribution in [1.82, 2.24) is 5.01 Å².